The summed E-state index contributed by atoms with van der Waals surface area (Å²) >= 11 is 0. The average Bonchev–Trinajstić information content (AvgIpc) is 3.08. The highest BCUT2D eigenvalue weighted by atomic mass is 19.1. The first kappa shape index (κ1) is 13.9. The molecule has 2 rings (SSSR count). The number of rotatable bonds is 4. The number of benzene rings is 1. The topological polar surface area (TPSA) is 55.1 Å². The lowest BCUT2D eigenvalue weighted by molar-refractivity contribution is -0.122. The van der Waals surface area contributed by atoms with E-state index in [4.69, 9.17) is 5.73 Å². The van der Waals surface area contributed by atoms with Crippen LogP contribution in [-0.2, 0) is 4.79 Å². The zero-order valence-electron chi connectivity index (χ0n) is 11.0. The lowest BCUT2D eigenvalue weighted by Crippen LogP contribution is -2.45. The Morgan fingerprint density at radius 1 is 1.47 bits per heavy atom. The summed E-state index contributed by atoms with van der Waals surface area (Å²) in [4.78, 5) is 11.8. The van der Waals surface area contributed by atoms with Crippen molar-refractivity contribution >= 4 is 5.91 Å². The first-order valence-electron chi connectivity index (χ1n) is 6.29. The Kier molecular flexibility index (Phi) is 3.58. The smallest absolute Gasteiger partial charge is 0.223 e. The number of nitrogens with two attached hydrogens (primary N) is 1. The third kappa shape index (κ3) is 3.50. The van der Waals surface area contributed by atoms with Crippen molar-refractivity contribution in [1.29, 1.82) is 0 Å². The van der Waals surface area contributed by atoms with Crippen LogP contribution in [0.2, 0.25) is 0 Å². The van der Waals surface area contributed by atoms with Crippen molar-refractivity contribution in [2.75, 3.05) is 6.54 Å². The van der Waals surface area contributed by atoms with Crippen LogP contribution in [0.5, 0.6) is 0 Å². The molecular formula is C14H18F2N2O. The van der Waals surface area contributed by atoms with E-state index in [2.05, 4.69) is 5.32 Å². The fourth-order valence-electron chi connectivity index (χ4n) is 2.07. The van der Waals surface area contributed by atoms with Gasteiger partial charge in [-0.05, 0) is 49.9 Å². The van der Waals surface area contributed by atoms with E-state index in [1.807, 2.05) is 13.8 Å². The van der Waals surface area contributed by atoms with E-state index in [1.165, 1.54) is 6.07 Å². The molecule has 1 aliphatic rings. The molecular weight excluding hydrogens is 250 g/mol. The van der Waals surface area contributed by atoms with Gasteiger partial charge in [0.05, 0.1) is 0 Å². The van der Waals surface area contributed by atoms with Gasteiger partial charge in [0.1, 0.15) is 11.6 Å². The van der Waals surface area contributed by atoms with Gasteiger partial charge in [0.15, 0.2) is 0 Å². The molecule has 19 heavy (non-hydrogen) atoms. The first-order valence-corrected chi connectivity index (χ1v) is 6.29. The Morgan fingerprint density at radius 2 is 2.16 bits per heavy atom. The molecule has 1 aromatic carbocycles. The second-order valence-corrected chi connectivity index (χ2v) is 5.82. The zero-order valence-corrected chi connectivity index (χ0v) is 11.0. The number of carbonyl (C=O) groups excluding carboxylic acids is 1. The normalized spacial score (nSPS) is 22.2. The molecule has 3 nitrogen and oxygen atoms in total. The minimum absolute atomic E-state index is 0.146. The first-order chi connectivity index (χ1) is 8.78. The SMILES string of the molecule is CC(C)(N)CNC(=O)C1CC1c1cc(F)ccc1F. The van der Waals surface area contributed by atoms with Crippen molar-refractivity contribution in [2.45, 2.75) is 31.7 Å². The molecule has 104 valence electrons. The van der Waals surface area contributed by atoms with Gasteiger partial charge in [-0.25, -0.2) is 8.78 Å². The van der Waals surface area contributed by atoms with Gasteiger partial charge in [-0.15, -0.1) is 0 Å². The molecule has 2 unspecified atom stereocenters. The summed E-state index contributed by atoms with van der Waals surface area (Å²) in [5.74, 6) is -1.59. The van der Waals surface area contributed by atoms with Crippen LogP contribution in [0.1, 0.15) is 31.7 Å². The van der Waals surface area contributed by atoms with Crippen molar-refractivity contribution in [3.63, 3.8) is 0 Å². The van der Waals surface area contributed by atoms with E-state index in [0.29, 0.717) is 13.0 Å². The Bertz CT molecular complexity index is 497. The summed E-state index contributed by atoms with van der Waals surface area (Å²) in [5, 5.41) is 2.74. The monoisotopic (exact) mass is 268 g/mol. The lowest BCUT2D eigenvalue weighted by atomic mass is 10.1. The van der Waals surface area contributed by atoms with E-state index < -0.39 is 17.2 Å². The van der Waals surface area contributed by atoms with E-state index in [-0.39, 0.29) is 23.3 Å². The summed E-state index contributed by atoms with van der Waals surface area (Å²) in [7, 11) is 0. The molecule has 1 fully saturated rings. The summed E-state index contributed by atoms with van der Waals surface area (Å²) in [6.07, 6.45) is 0.553. The molecule has 0 aromatic heterocycles. The highest BCUT2D eigenvalue weighted by Gasteiger charge is 2.45. The minimum Gasteiger partial charge on any atom is -0.354 e. The number of hydrogen-bond acceptors (Lipinski definition) is 2. The lowest BCUT2D eigenvalue weighted by Gasteiger charge is -2.18. The molecule has 1 aliphatic carbocycles. The molecule has 1 saturated carbocycles. The second kappa shape index (κ2) is 4.89. The molecule has 0 heterocycles. The predicted molar refractivity (Wildman–Crippen MR) is 68.5 cm³/mol. The van der Waals surface area contributed by atoms with Gasteiger partial charge in [0, 0.05) is 18.0 Å². The molecule has 5 heteroatoms. The van der Waals surface area contributed by atoms with E-state index in [9.17, 15) is 13.6 Å². The minimum atomic E-state index is -0.482. The van der Waals surface area contributed by atoms with Gasteiger partial charge in [-0.1, -0.05) is 0 Å². The molecule has 0 saturated heterocycles. The van der Waals surface area contributed by atoms with Crippen LogP contribution in [-0.4, -0.2) is 18.0 Å². The maximum atomic E-state index is 13.6. The van der Waals surface area contributed by atoms with Gasteiger partial charge in [-0.2, -0.15) is 0 Å². The van der Waals surface area contributed by atoms with Crippen LogP contribution in [0, 0.1) is 17.6 Å². The van der Waals surface area contributed by atoms with Crippen molar-refractivity contribution in [3.8, 4) is 0 Å². The van der Waals surface area contributed by atoms with Gasteiger partial charge in [-0.3, -0.25) is 4.79 Å². The Labute approximate surface area is 111 Å². The van der Waals surface area contributed by atoms with Gasteiger partial charge >= 0.3 is 0 Å². The highest BCUT2D eigenvalue weighted by Crippen LogP contribution is 2.48. The van der Waals surface area contributed by atoms with Crippen molar-refractivity contribution in [1.82, 2.24) is 5.32 Å². The van der Waals surface area contributed by atoms with Crippen LogP contribution >= 0.6 is 0 Å². The van der Waals surface area contributed by atoms with Gasteiger partial charge in [0.2, 0.25) is 5.91 Å². The number of hydrogen-bond donors (Lipinski definition) is 2. The van der Waals surface area contributed by atoms with E-state index in [0.717, 1.165) is 12.1 Å². The Balaban J connectivity index is 1.97. The summed E-state index contributed by atoms with van der Waals surface area (Å²) in [5.41, 5.74) is 5.57. The van der Waals surface area contributed by atoms with Crippen LogP contribution in [0.15, 0.2) is 18.2 Å². The third-order valence-electron chi connectivity index (χ3n) is 3.20. The molecule has 0 bridgehead atoms. The quantitative estimate of drug-likeness (QED) is 0.876. The molecule has 0 spiro atoms. The summed E-state index contributed by atoms with van der Waals surface area (Å²) in [6, 6.07) is 3.34. The summed E-state index contributed by atoms with van der Waals surface area (Å²) in [6.45, 7) is 3.98. The molecule has 3 N–H and O–H groups in total. The number of amides is 1. The highest BCUT2D eigenvalue weighted by molar-refractivity contribution is 5.83. The fourth-order valence-corrected chi connectivity index (χ4v) is 2.07. The zero-order chi connectivity index (χ0) is 14.2. The maximum absolute atomic E-state index is 13.6. The molecule has 0 aliphatic heterocycles. The van der Waals surface area contributed by atoms with Crippen LogP contribution in [0.25, 0.3) is 0 Å². The number of carbonyl (C=O) groups is 1. The number of halogens is 2. The van der Waals surface area contributed by atoms with Crippen molar-refractivity contribution < 1.29 is 13.6 Å². The number of nitrogens with one attached hydrogen (secondary N) is 1. The average molecular weight is 268 g/mol. The van der Waals surface area contributed by atoms with Gasteiger partial charge in [0.25, 0.3) is 0 Å². The third-order valence-corrected chi connectivity index (χ3v) is 3.20. The van der Waals surface area contributed by atoms with Crippen LogP contribution in [0.4, 0.5) is 8.78 Å². The summed E-state index contributed by atoms with van der Waals surface area (Å²) < 4.78 is 26.6. The van der Waals surface area contributed by atoms with Gasteiger partial charge < -0.3 is 11.1 Å². The molecule has 0 radical (unpaired) electrons. The maximum Gasteiger partial charge on any atom is 0.223 e. The Morgan fingerprint density at radius 3 is 2.79 bits per heavy atom. The van der Waals surface area contributed by atoms with E-state index >= 15 is 0 Å². The fraction of sp³-hybridized carbons (Fsp3) is 0.500. The van der Waals surface area contributed by atoms with Crippen molar-refractivity contribution in [3.05, 3.63) is 35.4 Å². The van der Waals surface area contributed by atoms with Crippen LogP contribution in [0.3, 0.4) is 0 Å². The Hall–Kier alpha value is -1.49. The standard InChI is InChI=1S/C14H18F2N2O/c1-14(2,17)7-18-13(19)11-6-9(11)10-5-8(15)3-4-12(10)16/h3-5,9,11H,6-7,17H2,1-2H3,(H,18,19). The van der Waals surface area contributed by atoms with E-state index in [1.54, 1.807) is 0 Å². The molecule has 2 atom stereocenters. The van der Waals surface area contributed by atoms with Crippen molar-refractivity contribution in [2.24, 2.45) is 11.7 Å². The van der Waals surface area contributed by atoms with Crippen LogP contribution < -0.4 is 11.1 Å². The predicted octanol–water partition coefficient (Wildman–Crippen LogP) is 1.92. The second-order valence-electron chi connectivity index (χ2n) is 5.82. The largest absolute Gasteiger partial charge is 0.354 e. The molecule has 1 amide bonds. The molecule has 1 aromatic rings.